The van der Waals surface area contributed by atoms with Crippen LogP contribution in [0.1, 0.15) is 17.2 Å². The summed E-state index contributed by atoms with van der Waals surface area (Å²) in [6, 6.07) is 21.6. The molecule has 0 aliphatic carbocycles. The summed E-state index contributed by atoms with van der Waals surface area (Å²) in [6.45, 7) is 4.10. The molecule has 0 aromatic heterocycles. The number of rotatable bonds is 4. The summed E-state index contributed by atoms with van der Waals surface area (Å²) in [7, 11) is 2.26. The van der Waals surface area contributed by atoms with Gasteiger partial charge in [-0.3, -0.25) is 0 Å². The zero-order valence-corrected chi connectivity index (χ0v) is 15.1. The van der Waals surface area contributed by atoms with Crippen LogP contribution in [0.5, 0.6) is 0 Å². The van der Waals surface area contributed by atoms with Gasteiger partial charge in [0, 0.05) is 6.54 Å². The van der Waals surface area contributed by atoms with Crippen molar-refractivity contribution < 1.29 is 4.90 Å². The summed E-state index contributed by atoms with van der Waals surface area (Å²) >= 11 is 5.71. The van der Waals surface area contributed by atoms with E-state index in [-0.39, 0.29) is 0 Å². The van der Waals surface area contributed by atoms with Crippen LogP contribution in [-0.2, 0) is 6.42 Å². The van der Waals surface area contributed by atoms with Gasteiger partial charge in [0.25, 0.3) is 0 Å². The van der Waals surface area contributed by atoms with Gasteiger partial charge in [0.2, 0.25) is 0 Å². The third-order valence-corrected chi connectivity index (χ3v) is 5.05. The van der Waals surface area contributed by atoms with Crippen molar-refractivity contribution in [2.24, 2.45) is 0 Å². The second-order valence-corrected chi connectivity index (χ2v) is 6.89. The Morgan fingerprint density at radius 3 is 2.50 bits per heavy atom. The molecule has 24 heavy (non-hydrogen) atoms. The van der Waals surface area contributed by atoms with E-state index >= 15 is 0 Å². The fourth-order valence-corrected chi connectivity index (χ4v) is 3.61. The number of quaternary nitrogens is 1. The van der Waals surface area contributed by atoms with Gasteiger partial charge in [0.15, 0.2) is 5.11 Å². The maximum absolute atomic E-state index is 5.71. The predicted molar refractivity (Wildman–Crippen MR) is 103 cm³/mol. The van der Waals surface area contributed by atoms with Gasteiger partial charge < -0.3 is 15.1 Å². The highest BCUT2D eigenvalue weighted by Gasteiger charge is 2.30. The Hall–Kier alpha value is -1.91. The molecule has 0 bridgehead atoms. The summed E-state index contributed by atoms with van der Waals surface area (Å²) < 4.78 is 0. The van der Waals surface area contributed by atoms with Crippen LogP contribution in [0.4, 0.5) is 0 Å². The lowest BCUT2D eigenvalue weighted by Gasteiger charge is -2.39. The zero-order valence-electron chi connectivity index (χ0n) is 14.2. The fourth-order valence-electron chi connectivity index (χ4n) is 3.29. The highest BCUT2D eigenvalue weighted by atomic mass is 32.1. The number of piperazine rings is 1. The van der Waals surface area contributed by atoms with Gasteiger partial charge in [-0.15, -0.1) is 0 Å². The molecular formula is C20H26N3S+. The van der Waals surface area contributed by atoms with Crippen LogP contribution in [0, 0.1) is 0 Å². The van der Waals surface area contributed by atoms with Crippen LogP contribution in [0.25, 0.3) is 0 Å². The molecule has 0 spiro atoms. The fraction of sp³-hybridized carbons (Fsp3) is 0.350. The Morgan fingerprint density at radius 1 is 1.12 bits per heavy atom. The van der Waals surface area contributed by atoms with Crippen molar-refractivity contribution in [1.82, 2.24) is 10.2 Å². The Labute approximate surface area is 150 Å². The smallest absolute Gasteiger partial charge is 0.169 e. The zero-order chi connectivity index (χ0) is 16.8. The van der Waals surface area contributed by atoms with Gasteiger partial charge in [-0.25, -0.2) is 0 Å². The molecule has 1 heterocycles. The monoisotopic (exact) mass is 340 g/mol. The summed E-state index contributed by atoms with van der Waals surface area (Å²) in [6.07, 6.45) is 0.996. The quantitative estimate of drug-likeness (QED) is 0.826. The number of thiocarbonyl (C=S) groups is 1. The Kier molecular flexibility index (Phi) is 5.83. The van der Waals surface area contributed by atoms with E-state index in [0.717, 1.165) is 37.7 Å². The van der Waals surface area contributed by atoms with Crippen molar-refractivity contribution in [2.45, 2.75) is 12.5 Å². The van der Waals surface area contributed by atoms with Crippen molar-refractivity contribution in [3.63, 3.8) is 0 Å². The van der Waals surface area contributed by atoms with Crippen LogP contribution in [-0.4, -0.2) is 43.2 Å². The molecule has 3 rings (SSSR count). The molecule has 0 saturated carbocycles. The number of nitrogens with one attached hydrogen (secondary N) is 2. The molecular weight excluding hydrogens is 314 g/mol. The summed E-state index contributed by atoms with van der Waals surface area (Å²) in [5.41, 5.74) is 2.69. The van der Waals surface area contributed by atoms with Gasteiger partial charge in [-0.2, -0.15) is 0 Å². The van der Waals surface area contributed by atoms with Crippen molar-refractivity contribution in [2.75, 3.05) is 33.2 Å². The Balaban J connectivity index is 1.61. The minimum absolute atomic E-state index is 0.358. The summed E-state index contributed by atoms with van der Waals surface area (Å²) in [5, 5.41) is 4.35. The Morgan fingerprint density at radius 2 is 1.79 bits per heavy atom. The maximum atomic E-state index is 5.71. The van der Waals surface area contributed by atoms with Crippen molar-refractivity contribution >= 4 is 17.3 Å². The predicted octanol–water partition coefficient (Wildman–Crippen LogP) is 1.68. The first-order valence-electron chi connectivity index (χ1n) is 8.68. The largest absolute Gasteiger partial charge is 0.362 e. The lowest BCUT2D eigenvalue weighted by molar-refractivity contribution is -0.887. The molecule has 1 unspecified atom stereocenters. The highest BCUT2D eigenvalue weighted by molar-refractivity contribution is 7.80. The third-order valence-electron chi connectivity index (χ3n) is 4.68. The number of hydrogen-bond donors (Lipinski definition) is 2. The standard InChI is InChI=1S/C20H25N3S/c1-22-14-15-23(19(16-22)18-10-6-3-7-11-18)20(24)21-13-12-17-8-4-2-5-9-17/h2-11,19H,12-16H2,1H3,(H,21,24)/p+1/t19-/m1/s1. The first-order chi connectivity index (χ1) is 11.7. The van der Waals surface area contributed by atoms with Crippen LogP contribution >= 0.6 is 12.2 Å². The second kappa shape index (κ2) is 8.27. The van der Waals surface area contributed by atoms with E-state index in [2.05, 4.69) is 77.9 Å². The first-order valence-corrected chi connectivity index (χ1v) is 9.09. The van der Waals surface area contributed by atoms with Crippen LogP contribution in [0.15, 0.2) is 60.7 Å². The SMILES string of the molecule is C[NH+]1CCN(C(=S)NCCc2ccccc2)[C@@H](c2ccccc2)C1. The molecule has 126 valence electrons. The first kappa shape index (κ1) is 16.9. The molecule has 1 aliphatic heterocycles. The molecule has 2 N–H and O–H groups in total. The molecule has 0 amide bonds. The molecule has 0 radical (unpaired) electrons. The van der Waals surface area contributed by atoms with Gasteiger partial charge in [-0.05, 0) is 29.8 Å². The average Bonchev–Trinajstić information content (AvgIpc) is 2.63. The summed E-state index contributed by atoms with van der Waals surface area (Å²) in [5.74, 6) is 0. The number of benzene rings is 2. The van der Waals surface area contributed by atoms with E-state index in [9.17, 15) is 0 Å². The van der Waals surface area contributed by atoms with E-state index < -0.39 is 0 Å². The van der Waals surface area contributed by atoms with Gasteiger partial charge in [-0.1, -0.05) is 60.7 Å². The normalized spacial score (nSPS) is 20.6. The molecule has 1 saturated heterocycles. The van der Waals surface area contributed by atoms with Gasteiger partial charge >= 0.3 is 0 Å². The van der Waals surface area contributed by atoms with Gasteiger partial charge in [0.05, 0.1) is 20.1 Å². The number of likely N-dealkylation sites (N-methyl/N-ethyl adjacent to an activating group) is 1. The molecule has 2 aromatic rings. The average molecular weight is 341 g/mol. The van der Waals surface area contributed by atoms with Crippen LogP contribution in [0.2, 0.25) is 0 Å². The highest BCUT2D eigenvalue weighted by Crippen LogP contribution is 2.20. The van der Waals surface area contributed by atoms with Crippen LogP contribution < -0.4 is 10.2 Å². The van der Waals surface area contributed by atoms with E-state index in [4.69, 9.17) is 12.2 Å². The molecule has 1 fully saturated rings. The van der Waals surface area contributed by atoms with E-state index in [1.165, 1.54) is 11.1 Å². The Bertz CT molecular complexity index is 644. The third kappa shape index (κ3) is 4.34. The molecule has 4 heteroatoms. The van der Waals surface area contributed by atoms with Crippen molar-refractivity contribution in [3.05, 3.63) is 71.8 Å². The van der Waals surface area contributed by atoms with Crippen molar-refractivity contribution in [1.29, 1.82) is 0 Å². The van der Waals surface area contributed by atoms with Crippen molar-refractivity contribution in [3.8, 4) is 0 Å². The lowest BCUT2D eigenvalue weighted by Crippen LogP contribution is -3.12. The molecule has 3 nitrogen and oxygen atoms in total. The molecule has 2 atom stereocenters. The number of nitrogens with zero attached hydrogens (tertiary/aromatic N) is 1. The molecule has 1 aliphatic rings. The van der Waals surface area contributed by atoms with E-state index in [0.29, 0.717) is 6.04 Å². The van der Waals surface area contributed by atoms with Crippen LogP contribution in [0.3, 0.4) is 0 Å². The van der Waals surface area contributed by atoms with E-state index in [1.54, 1.807) is 4.90 Å². The maximum Gasteiger partial charge on any atom is 0.169 e. The number of hydrogen-bond acceptors (Lipinski definition) is 1. The summed E-state index contributed by atoms with van der Waals surface area (Å²) in [4.78, 5) is 3.93. The minimum Gasteiger partial charge on any atom is -0.362 e. The molecule has 2 aromatic carbocycles. The topological polar surface area (TPSA) is 19.7 Å². The van der Waals surface area contributed by atoms with Gasteiger partial charge in [0.1, 0.15) is 12.6 Å². The lowest BCUT2D eigenvalue weighted by atomic mass is 10.0. The van der Waals surface area contributed by atoms with E-state index in [1.807, 2.05) is 0 Å². The minimum atomic E-state index is 0.358. The second-order valence-electron chi connectivity index (χ2n) is 6.50.